The maximum Gasteiger partial charge on any atom is 0.339 e. The maximum absolute atomic E-state index is 12.6. The lowest BCUT2D eigenvalue weighted by Gasteiger charge is -2.30. The molecule has 0 aliphatic carbocycles. The smallest absolute Gasteiger partial charge is 0.339 e. The first-order valence-electron chi connectivity index (χ1n) is 11.6. The number of nitrogens with zero attached hydrogens (tertiary/aromatic N) is 3. The molecular weight excluding hydrogens is 488 g/mol. The average Bonchev–Trinajstić information content (AvgIpc) is 3.56. The Balaban J connectivity index is 1.72. The molecule has 4 aromatic rings. The van der Waals surface area contributed by atoms with Gasteiger partial charge in [-0.3, -0.25) is 4.98 Å². The van der Waals surface area contributed by atoms with E-state index in [2.05, 4.69) is 10.3 Å². The molecule has 2 aromatic carbocycles. The van der Waals surface area contributed by atoms with Crippen molar-refractivity contribution in [1.82, 2.24) is 14.9 Å². The van der Waals surface area contributed by atoms with Gasteiger partial charge in [-0.2, -0.15) is 0 Å². The first-order chi connectivity index (χ1) is 18.1. The van der Waals surface area contributed by atoms with Crippen LogP contribution in [-0.2, 0) is 4.74 Å². The van der Waals surface area contributed by atoms with E-state index < -0.39 is 5.97 Å². The van der Waals surface area contributed by atoms with Crippen LogP contribution in [0.15, 0.2) is 85.2 Å². The van der Waals surface area contributed by atoms with E-state index in [9.17, 15) is 4.79 Å². The largest absolute Gasteiger partial charge is 0.497 e. The first-order valence-corrected chi connectivity index (χ1v) is 12.1. The van der Waals surface area contributed by atoms with Crippen molar-refractivity contribution < 1.29 is 19.0 Å². The fourth-order valence-electron chi connectivity index (χ4n) is 4.72. The number of methoxy groups -OCH3 is 3. The summed E-state index contributed by atoms with van der Waals surface area (Å²) in [6.45, 7) is 0. The summed E-state index contributed by atoms with van der Waals surface area (Å²) in [4.78, 5) is 19.3. The lowest BCUT2D eigenvalue weighted by Crippen LogP contribution is -2.30. The second-order valence-corrected chi connectivity index (χ2v) is 8.73. The van der Waals surface area contributed by atoms with Gasteiger partial charge in [0.15, 0.2) is 5.11 Å². The second kappa shape index (κ2) is 10.3. The normalized spacial score (nSPS) is 16.8. The van der Waals surface area contributed by atoms with Crippen LogP contribution < -0.4 is 19.7 Å². The summed E-state index contributed by atoms with van der Waals surface area (Å²) in [6.07, 6.45) is 3.69. The van der Waals surface area contributed by atoms with Crippen molar-refractivity contribution in [1.29, 1.82) is 0 Å². The first kappa shape index (κ1) is 24.3. The van der Waals surface area contributed by atoms with Crippen LogP contribution in [0.1, 0.15) is 33.8 Å². The molecule has 37 heavy (non-hydrogen) atoms. The minimum absolute atomic E-state index is 0.288. The van der Waals surface area contributed by atoms with Crippen LogP contribution >= 0.6 is 12.2 Å². The number of hydrogen-bond donors (Lipinski definition) is 1. The number of carbonyl (C=O) groups excluding carboxylic acids is 1. The highest BCUT2D eigenvalue weighted by atomic mass is 32.1. The Kier molecular flexibility index (Phi) is 6.78. The third-order valence-corrected chi connectivity index (χ3v) is 6.71. The number of ether oxygens (including phenoxy) is 3. The van der Waals surface area contributed by atoms with Crippen molar-refractivity contribution in [2.24, 2.45) is 0 Å². The topological polar surface area (TPSA) is 77.9 Å². The third kappa shape index (κ3) is 4.38. The van der Waals surface area contributed by atoms with Crippen LogP contribution in [0.4, 0.5) is 5.69 Å². The van der Waals surface area contributed by atoms with E-state index in [4.69, 9.17) is 26.4 Å². The molecule has 0 bridgehead atoms. The Morgan fingerprint density at radius 3 is 2.49 bits per heavy atom. The number of para-hydroxylation sites is 1. The van der Waals surface area contributed by atoms with E-state index in [0.29, 0.717) is 27.9 Å². The van der Waals surface area contributed by atoms with Gasteiger partial charge in [-0.05, 0) is 60.7 Å². The molecule has 1 saturated heterocycles. The summed E-state index contributed by atoms with van der Waals surface area (Å²) in [5, 5.41) is 3.98. The zero-order chi connectivity index (χ0) is 25.9. The summed E-state index contributed by atoms with van der Waals surface area (Å²) >= 11 is 5.89. The Hall–Kier alpha value is -4.37. The van der Waals surface area contributed by atoms with Gasteiger partial charge in [0.05, 0.1) is 50.0 Å². The molecule has 2 atom stereocenters. The van der Waals surface area contributed by atoms with Gasteiger partial charge in [0.2, 0.25) is 0 Å². The maximum atomic E-state index is 12.6. The van der Waals surface area contributed by atoms with Crippen LogP contribution in [0, 0.1) is 0 Å². The van der Waals surface area contributed by atoms with Gasteiger partial charge in [0.25, 0.3) is 0 Å². The summed E-state index contributed by atoms with van der Waals surface area (Å²) < 4.78 is 18.3. The molecule has 5 rings (SSSR count). The van der Waals surface area contributed by atoms with Crippen LogP contribution in [0.25, 0.3) is 5.69 Å². The molecule has 1 aliphatic heterocycles. The molecular formula is C28H26N4O4S. The number of hydrogen-bond acceptors (Lipinski definition) is 6. The molecule has 0 unspecified atom stereocenters. The van der Waals surface area contributed by atoms with Crippen molar-refractivity contribution in [3.8, 4) is 17.2 Å². The molecule has 188 valence electrons. The predicted octanol–water partition coefficient (Wildman–Crippen LogP) is 4.85. The van der Waals surface area contributed by atoms with E-state index in [1.165, 1.54) is 7.11 Å². The number of esters is 1. The highest BCUT2D eigenvalue weighted by Gasteiger charge is 2.43. The molecule has 0 saturated carbocycles. The van der Waals surface area contributed by atoms with E-state index in [-0.39, 0.29) is 12.1 Å². The highest BCUT2D eigenvalue weighted by molar-refractivity contribution is 7.80. The van der Waals surface area contributed by atoms with Crippen molar-refractivity contribution in [2.45, 2.75) is 12.1 Å². The lowest BCUT2D eigenvalue weighted by atomic mass is 10.00. The lowest BCUT2D eigenvalue weighted by molar-refractivity contribution is 0.0600. The SMILES string of the molecule is COC(=O)c1ccccc1-n1cccc1[C@H]1[C@@H](c2ccccn2)NC(=S)N1c1cc(OC)ccc1OC. The quantitative estimate of drug-likeness (QED) is 0.277. The molecule has 1 fully saturated rings. The Labute approximate surface area is 220 Å². The minimum atomic E-state index is -0.414. The van der Waals surface area contributed by atoms with E-state index in [1.807, 2.05) is 82.4 Å². The van der Waals surface area contributed by atoms with Crippen LogP contribution in [-0.4, -0.2) is 42.0 Å². The zero-order valence-electron chi connectivity index (χ0n) is 20.6. The van der Waals surface area contributed by atoms with Gasteiger partial charge in [-0.1, -0.05) is 18.2 Å². The van der Waals surface area contributed by atoms with Crippen molar-refractivity contribution in [3.05, 3.63) is 102 Å². The molecule has 1 aliphatic rings. The summed E-state index contributed by atoms with van der Waals surface area (Å²) in [7, 11) is 4.62. The minimum Gasteiger partial charge on any atom is -0.497 e. The summed E-state index contributed by atoms with van der Waals surface area (Å²) in [6, 6.07) is 22.1. The average molecular weight is 515 g/mol. The molecule has 9 heteroatoms. The van der Waals surface area contributed by atoms with E-state index in [1.54, 1.807) is 26.5 Å². The van der Waals surface area contributed by atoms with Gasteiger partial charge in [0, 0.05) is 24.2 Å². The Morgan fingerprint density at radius 1 is 0.946 bits per heavy atom. The number of nitrogens with one attached hydrogen (secondary N) is 1. The number of anilines is 1. The van der Waals surface area contributed by atoms with Crippen LogP contribution in [0.2, 0.25) is 0 Å². The second-order valence-electron chi connectivity index (χ2n) is 8.35. The molecule has 1 N–H and O–H groups in total. The number of rotatable bonds is 7. The van der Waals surface area contributed by atoms with Gasteiger partial charge in [-0.25, -0.2) is 4.79 Å². The van der Waals surface area contributed by atoms with Crippen LogP contribution in [0.5, 0.6) is 11.5 Å². The zero-order valence-corrected chi connectivity index (χ0v) is 21.4. The van der Waals surface area contributed by atoms with E-state index in [0.717, 1.165) is 17.1 Å². The fraction of sp³-hybridized carbons (Fsp3) is 0.179. The van der Waals surface area contributed by atoms with Gasteiger partial charge in [-0.15, -0.1) is 0 Å². The van der Waals surface area contributed by atoms with Crippen molar-refractivity contribution >= 4 is 29.0 Å². The summed E-state index contributed by atoms with van der Waals surface area (Å²) in [5.41, 5.74) is 3.62. The van der Waals surface area contributed by atoms with Gasteiger partial charge >= 0.3 is 5.97 Å². The number of benzene rings is 2. The standard InChI is InChI=1S/C28H26N4O4S/c1-34-18-13-14-24(35-2)23(17-18)32-26(25(30-28(32)37)20-10-6-7-15-29-20)22-12-8-16-31(22)21-11-5-4-9-19(21)27(33)36-3/h4-17,25-26H,1-3H3,(H,30,37)/t25-,26+/m1/s1. The fourth-order valence-corrected chi connectivity index (χ4v) is 5.06. The molecule has 0 spiro atoms. The number of thiocarbonyl (C=S) groups is 1. The number of aromatic nitrogens is 2. The highest BCUT2D eigenvalue weighted by Crippen LogP contribution is 2.46. The number of carbonyl (C=O) groups is 1. The molecule has 8 nitrogen and oxygen atoms in total. The molecule has 0 amide bonds. The summed E-state index contributed by atoms with van der Waals surface area (Å²) in [5.74, 6) is 0.901. The van der Waals surface area contributed by atoms with Crippen LogP contribution in [0.3, 0.4) is 0 Å². The predicted molar refractivity (Wildman–Crippen MR) is 145 cm³/mol. The molecule has 3 heterocycles. The molecule has 2 aromatic heterocycles. The van der Waals surface area contributed by atoms with Gasteiger partial charge < -0.3 is 29.0 Å². The van der Waals surface area contributed by atoms with E-state index >= 15 is 0 Å². The Morgan fingerprint density at radius 2 is 1.76 bits per heavy atom. The van der Waals surface area contributed by atoms with Crippen molar-refractivity contribution in [3.63, 3.8) is 0 Å². The number of pyridine rings is 1. The van der Waals surface area contributed by atoms with Crippen molar-refractivity contribution in [2.75, 3.05) is 26.2 Å². The third-order valence-electron chi connectivity index (χ3n) is 6.40. The monoisotopic (exact) mass is 514 g/mol. The van der Waals surface area contributed by atoms with Gasteiger partial charge in [0.1, 0.15) is 17.5 Å². The molecule has 0 radical (unpaired) electrons. The Bertz CT molecular complexity index is 1440.